The molecule has 0 aliphatic heterocycles. The van der Waals surface area contributed by atoms with Gasteiger partial charge in [-0.15, -0.1) is 0 Å². The molecule has 0 radical (unpaired) electrons. The summed E-state index contributed by atoms with van der Waals surface area (Å²) in [6.45, 7) is 11.7. The molecule has 10 heteroatoms. The zero-order valence-electron chi connectivity index (χ0n) is 32.8. The average molecular weight is 765 g/mol. The van der Waals surface area contributed by atoms with Gasteiger partial charge < -0.3 is 10.3 Å². The van der Waals surface area contributed by atoms with Crippen molar-refractivity contribution in [2.24, 2.45) is 0 Å². The molecule has 0 fully saturated rings. The lowest BCUT2D eigenvalue weighted by molar-refractivity contribution is 0.158. The highest BCUT2D eigenvalue weighted by Crippen LogP contribution is 2.27. The largest absolute Gasteiger partial charge is 0.936 e. The zero-order chi connectivity index (χ0) is 37.5. The Morgan fingerprint density at radius 2 is 0.824 bits per heavy atom. The highest BCUT2D eigenvalue weighted by atomic mass is 32.2. The van der Waals surface area contributed by atoms with Gasteiger partial charge in [0.2, 0.25) is 0 Å². The lowest BCUT2D eigenvalue weighted by Crippen LogP contribution is -2.35. The summed E-state index contributed by atoms with van der Waals surface area (Å²) in [7, 11) is -8.74. The molecule has 2 aromatic carbocycles. The molecule has 0 spiro atoms. The molecule has 0 heterocycles. The first-order valence-electron chi connectivity index (χ1n) is 20.1. The maximum Gasteiger partial charge on any atom is 0.936 e. The van der Waals surface area contributed by atoms with Gasteiger partial charge in [-0.25, -0.2) is 0 Å². The smallest absolute Gasteiger partial charge is 0.451 e. The van der Waals surface area contributed by atoms with Crippen LogP contribution in [0.4, 0.5) is 0 Å². The number of aryl methyl sites for hydroxylation is 4. The standard InChI is InChI=1S/2C19H32O3S.C3H7O.Al/c2*1-3-4-5-6-7-8-9-10-11-12-13-18-16-17(2)14-15-19(18)23(20,21)22;1-3(2)4;/h2*14-16H,3-13H2,1-2H3,(H,20,21,22);3H,1-2H3;/q;;-1;+3/p-2. The second-order valence-electron chi connectivity index (χ2n) is 14.7. The quantitative estimate of drug-likeness (QED) is 0.0577. The molecule has 7 nitrogen and oxygen atoms in total. The van der Waals surface area contributed by atoms with Crippen LogP contribution < -0.4 is 0 Å². The van der Waals surface area contributed by atoms with Crippen molar-refractivity contribution in [2.45, 2.75) is 199 Å². The predicted molar refractivity (Wildman–Crippen MR) is 212 cm³/mol. The fourth-order valence-electron chi connectivity index (χ4n) is 6.49. The molecule has 0 N–H and O–H groups in total. The van der Waals surface area contributed by atoms with Crippen LogP contribution in [0, 0.1) is 13.8 Å². The van der Waals surface area contributed by atoms with Crippen LogP contribution in [0.15, 0.2) is 46.2 Å². The third-order valence-electron chi connectivity index (χ3n) is 9.36. The van der Waals surface area contributed by atoms with E-state index in [2.05, 4.69) is 13.8 Å². The molecule has 0 aromatic heterocycles. The molecule has 290 valence electrons. The number of hydrogen-bond acceptors (Lipinski definition) is 7. The summed E-state index contributed by atoms with van der Waals surface area (Å²) in [5.74, 6) is 0. The van der Waals surface area contributed by atoms with Crippen molar-refractivity contribution < 1.29 is 27.1 Å². The summed E-state index contributed by atoms with van der Waals surface area (Å²) >= 11 is -3.74. The fraction of sp³-hybridized carbons (Fsp3) is 0.707. The Hall–Kier alpha value is -1.25. The van der Waals surface area contributed by atoms with Crippen molar-refractivity contribution in [1.82, 2.24) is 0 Å². The monoisotopic (exact) mass is 764 g/mol. The maximum absolute atomic E-state index is 13.7. The van der Waals surface area contributed by atoms with Gasteiger partial charge in [0.25, 0.3) is 20.2 Å². The summed E-state index contributed by atoms with van der Waals surface area (Å²) in [6, 6.07) is 10.3. The van der Waals surface area contributed by atoms with E-state index in [1.54, 1.807) is 38.1 Å². The average Bonchev–Trinajstić information content (AvgIpc) is 3.05. The van der Waals surface area contributed by atoms with Crippen molar-refractivity contribution in [1.29, 1.82) is 0 Å². The molecule has 0 unspecified atom stereocenters. The summed E-state index contributed by atoms with van der Waals surface area (Å²) in [5, 5.41) is 0. The van der Waals surface area contributed by atoms with Crippen molar-refractivity contribution in [2.75, 3.05) is 0 Å². The predicted octanol–water partition coefficient (Wildman–Crippen LogP) is 11.8. The van der Waals surface area contributed by atoms with E-state index >= 15 is 0 Å². The van der Waals surface area contributed by atoms with Crippen LogP contribution in [-0.2, 0) is 43.3 Å². The Balaban J connectivity index is 2.06. The summed E-state index contributed by atoms with van der Waals surface area (Å²) in [5.41, 5.74) is 3.26. The van der Waals surface area contributed by atoms with Gasteiger partial charge in [-0.1, -0.05) is 165 Å². The summed E-state index contributed by atoms with van der Waals surface area (Å²) in [6.07, 6.45) is 24.6. The van der Waals surface area contributed by atoms with Gasteiger partial charge in [0.05, 0.1) is 9.79 Å². The van der Waals surface area contributed by atoms with Gasteiger partial charge in [0.1, 0.15) is 0 Å². The third kappa shape index (κ3) is 19.1. The second kappa shape index (κ2) is 25.7. The van der Waals surface area contributed by atoms with Crippen LogP contribution in [0.5, 0.6) is 0 Å². The Bertz CT molecular complexity index is 1350. The number of benzene rings is 2. The number of rotatable bonds is 30. The second-order valence-corrected chi connectivity index (χ2v) is 19.7. The Morgan fingerprint density at radius 3 is 1.14 bits per heavy atom. The molecule has 2 aromatic rings. The highest BCUT2D eigenvalue weighted by molar-refractivity contribution is 7.89. The first kappa shape index (κ1) is 45.9. The molecule has 0 saturated carbocycles. The van der Waals surface area contributed by atoms with E-state index in [1.807, 2.05) is 26.0 Å². The molecular formula is C41H69AlO7S2. The minimum atomic E-state index is -4.37. The molecule has 51 heavy (non-hydrogen) atoms. The minimum Gasteiger partial charge on any atom is -0.451 e. The third-order valence-corrected chi connectivity index (χ3v) is 15.3. The molecule has 0 bridgehead atoms. The van der Waals surface area contributed by atoms with Crippen LogP contribution in [-0.4, -0.2) is 38.1 Å². The Morgan fingerprint density at radius 1 is 0.510 bits per heavy atom. The van der Waals surface area contributed by atoms with Gasteiger partial charge in [0.15, 0.2) is 0 Å². The van der Waals surface area contributed by atoms with Crippen LogP contribution in [0.25, 0.3) is 0 Å². The molecule has 0 amide bonds. The Labute approximate surface area is 318 Å². The van der Waals surface area contributed by atoms with Crippen LogP contribution >= 0.6 is 0 Å². The van der Waals surface area contributed by atoms with Gasteiger partial charge in [-0.05, 0) is 76.6 Å². The van der Waals surface area contributed by atoms with E-state index in [9.17, 15) is 16.8 Å². The first-order valence-corrected chi connectivity index (χ1v) is 24.3. The van der Waals surface area contributed by atoms with E-state index < -0.39 is 41.5 Å². The van der Waals surface area contributed by atoms with E-state index in [1.165, 1.54) is 89.9 Å². The van der Waals surface area contributed by atoms with E-state index in [0.717, 1.165) is 49.7 Å². The summed E-state index contributed by atoms with van der Waals surface area (Å²) < 4.78 is 71.9. The Kier molecular flexibility index (Phi) is 23.1. The molecule has 0 aliphatic rings. The van der Waals surface area contributed by atoms with Crippen LogP contribution in [0.3, 0.4) is 0 Å². The molecule has 0 atom stereocenters. The highest BCUT2D eigenvalue weighted by Gasteiger charge is 2.44. The lowest BCUT2D eigenvalue weighted by Gasteiger charge is -2.19. The van der Waals surface area contributed by atoms with Crippen molar-refractivity contribution >= 4 is 35.4 Å². The molecular weight excluding hydrogens is 696 g/mol. The first-order chi connectivity index (χ1) is 24.4. The number of unbranched alkanes of at least 4 members (excludes halogenated alkanes) is 18. The van der Waals surface area contributed by atoms with Crippen molar-refractivity contribution in [3.63, 3.8) is 0 Å². The van der Waals surface area contributed by atoms with Gasteiger partial charge >= 0.3 is 15.1 Å². The molecule has 0 saturated heterocycles. The van der Waals surface area contributed by atoms with E-state index in [-0.39, 0.29) is 9.79 Å². The lowest BCUT2D eigenvalue weighted by atomic mass is 10.0. The van der Waals surface area contributed by atoms with Gasteiger partial charge in [0, 0.05) is 6.10 Å². The molecule has 0 aliphatic carbocycles. The normalized spacial score (nSPS) is 12.2. The van der Waals surface area contributed by atoms with Gasteiger partial charge in [-0.3, -0.25) is 0 Å². The number of hydrogen-bond donors (Lipinski definition) is 0. The zero-order valence-corrected chi connectivity index (χ0v) is 35.6. The minimum absolute atomic E-state index is 0.0480. The van der Waals surface area contributed by atoms with Crippen molar-refractivity contribution in [3.05, 3.63) is 58.7 Å². The van der Waals surface area contributed by atoms with Gasteiger partial charge in [-0.2, -0.15) is 16.8 Å². The van der Waals surface area contributed by atoms with Crippen molar-refractivity contribution in [3.8, 4) is 0 Å². The fourth-order valence-corrected chi connectivity index (χ4v) is 11.6. The topological polar surface area (TPSA) is 96.0 Å². The SMILES string of the molecule is CCCCCCCCCCCCc1cc(C)ccc1S(=O)(=O)[O][Al]([O]C(C)C)[O]S(=O)(=O)c1ccc(C)cc1CCCCCCCCCCCC. The summed E-state index contributed by atoms with van der Waals surface area (Å²) in [4.78, 5) is 0.0960. The van der Waals surface area contributed by atoms with Crippen LogP contribution in [0.1, 0.15) is 178 Å². The van der Waals surface area contributed by atoms with E-state index in [4.69, 9.17) is 10.3 Å². The van der Waals surface area contributed by atoms with Crippen LogP contribution in [0.2, 0.25) is 0 Å². The molecule has 2 rings (SSSR count). The maximum atomic E-state index is 13.7. The van der Waals surface area contributed by atoms with E-state index in [0.29, 0.717) is 24.0 Å².